The summed E-state index contributed by atoms with van der Waals surface area (Å²) in [5, 5.41) is 0.459. The number of hydrogen-bond donors (Lipinski definition) is 0. The van der Waals surface area contributed by atoms with Gasteiger partial charge in [0.15, 0.2) is 0 Å². The Balaban J connectivity index is 4.18. The lowest BCUT2D eigenvalue weighted by atomic mass is 9.89. The first-order valence-electron chi connectivity index (χ1n) is 4.01. The van der Waals surface area contributed by atoms with Gasteiger partial charge in [0.25, 0.3) is 0 Å². The fraction of sp³-hybridized carbons (Fsp3) is 0.500. The Hall–Kier alpha value is -0.760. The third kappa shape index (κ3) is 4.73. The van der Waals surface area contributed by atoms with E-state index >= 15 is 0 Å². The SMILES string of the molecule is C=CCOC(=O)C(C)(C)CC(=C)Cl. The van der Waals surface area contributed by atoms with Gasteiger partial charge in [-0.3, -0.25) is 4.79 Å². The molecule has 0 aromatic rings. The van der Waals surface area contributed by atoms with Gasteiger partial charge in [-0.2, -0.15) is 0 Å². The highest BCUT2D eigenvalue weighted by molar-refractivity contribution is 6.29. The van der Waals surface area contributed by atoms with E-state index in [1.54, 1.807) is 13.8 Å². The molecule has 0 radical (unpaired) electrons. The summed E-state index contributed by atoms with van der Waals surface area (Å²) in [6, 6.07) is 0. The predicted molar refractivity (Wildman–Crippen MR) is 54.5 cm³/mol. The van der Waals surface area contributed by atoms with Crippen molar-refractivity contribution in [3.63, 3.8) is 0 Å². The summed E-state index contributed by atoms with van der Waals surface area (Å²) in [5.41, 5.74) is -0.609. The number of ether oxygens (including phenoxy) is 1. The Labute approximate surface area is 84.2 Å². The maximum absolute atomic E-state index is 11.4. The monoisotopic (exact) mass is 202 g/mol. The molecule has 0 bridgehead atoms. The van der Waals surface area contributed by atoms with Gasteiger partial charge in [-0.1, -0.05) is 30.8 Å². The number of carbonyl (C=O) groups excluding carboxylic acids is 1. The summed E-state index contributed by atoms with van der Waals surface area (Å²) < 4.78 is 4.90. The minimum atomic E-state index is -0.609. The van der Waals surface area contributed by atoms with Crippen molar-refractivity contribution in [2.45, 2.75) is 20.3 Å². The Bertz CT molecular complexity index is 219. The fourth-order valence-corrected chi connectivity index (χ4v) is 1.22. The predicted octanol–water partition coefficient (Wildman–Crippen LogP) is 2.88. The van der Waals surface area contributed by atoms with Crippen molar-refractivity contribution in [3.05, 3.63) is 24.3 Å². The molecule has 0 aromatic heterocycles. The van der Waals surface area contributed by atoms with Crippen LogP contribution in [0.25, 0.3) is 0 Å². The summed E-state index contributed by atoms with van der Waals surface area (Å²) in [6.45, 7) is 10.8. The Morgan fingerprint density at radius 1 is 1.62 bits per heavy atom. The van der Waals surface area contributed by atoms with Gasteiger partial charge < -0.3 is 4.74 Å². The van der Waals surface area contributed by atoms with Crippen LogP contribution in [0.5, 0.6) is 0 Å². The van der Waals surface area contributed by atoms with Crippen LogP contribution in [0.4, 0.5) is 0 Å². The Morgan fingerprint density at radius 2 is 2.15 bits per heavy atom. The standard InChI is InChI=1S/C10H15ClO2/c1-5-6-13-9(12)10(3,4)7-8(2)11/h5H,1-2,6-7H2,3-4H3. The molecule has 13 heavy (non-hydrogen) atoms. The van der Waals surface area contributed by atoms with E-state index in [1.807, 2.05) is 0 Å². The molecule has 74 valence electrons. The molecule has 0 aliphatic heterocycles. The summed E-state index contributed by atoms with van der Waals surface area (Å²) in [4.78, 5) is 11.4. The van der Waals surface area contributed by atoms with Crippen LogP contribution in [0, 0.1) is 5.41 Å². The number of allylic oxidation sites excluding steroid dienone is 1. The molecule has 0 N–H and O–H groups in total. The molecule has 0 spiro atoms. The van der Waals surface area contributed by atoms with Crippen molar-refractivity contribution in [2.75, 3.05) is 6.61 Å². The van der Waals surface area contributed by atoms with E-state index in [0.29, 0.717) is 11.5 Å². The first kappa shape index (κ1) is 12.2. The maximum Gasteiger partial charge on any atom is 0.312 e. The quantitative estimate of drug-likeness (QED) is 0.506. The topological polar surface area (TPSA) is 26.3 Å². The molecular weight excluding hydrogens is 188 g/mol. The Kier molecular flexibility index (Phi) is 4.78. The molecule has 0 unspecified atom stereocenters. The second-order valence-electron chi connectivity index (χ2n) is 3.47. The number of halogens is 1. The first-order chi connectivity index (χ1) is 5.90. The van der Waals surface area contributed by atoms with Crippen LogP contribution in [0.15, 0.2) is 24.3 Å². The van der Waals surface area contributed by atoms with Gasteiger partial charge in [-0.05, 0) is 20.3 Å². The summed E-state index contributed by atoms with van der Waals surface area (Å²) in [5.74, 6) is -0.283. The molecule has 0 atom stereocenters. The first-order valence-corrected chi connectivity index (χ1v) is 4.39. The van der Waals surface area contributed by atoms with Gasteiger partial charge in [0.05, 0.1) is 5.41 Å². The molecule has 0 aliphatic rings. The van der Waals surface area contributed by atoms with E-state index in [-0.39, 0.29) is 12.6 Å². The van der Waals surface area contributed by atoms with E-state index < -0.39 is 5.41 Å². The van der Waals surface area contributed by atoms with Gasteiger partial charge in [-0.15, -0.1) is 0 Å². The van der Waals surface area contributed by atoms with Crippen LogP contribution in [-0.4, -0.2) is 12.6 Å². The molecular formula is C10H15ClO2. The van der Waals surface area contributed by atoms with E-state index in [9.17, 15) is 4.79 Å². The van der Waals surface area contributed by atoms with Crippen LogP contribution in [0.1, 0.15) is 20.3 Å². The van der Waals surface area contributed by atoms with Crippen LogP contribution >= 0.6 is 11.6 Å². The van der Waals surface area contributed by atoms with Gasteiger partial charge in [0.2, 0.25) is 0 Å². The number of esters is 1. The highest BCUT2D eigenvalue weighted by atomic mass is 35.5. The summed E-state index contributed by atoms with van der Waals surface area (Å²) in [7, 11) is 0. The molecule has 0 aromatic carbocycles. The molecule has 0 heterocycles. The Morgan fingerprint density at radius 3 is 2.54 bits per heavy atom. The van der Waals surface area contributed by atoms with Crippen molar-refractivity contribution in [1.82, 2.24) is 0 Å². The van der Waals surface area contributed by atoms with Crippen LogP contribution in [0.3, 0.4) is 0 Å². The van der Waals surface area contributed by atoms with Gasteiger partial charge in [0.1, 0.15) is 6.61 Å². The average Bonchev–Trinajstić information content (AvgIpc) is 1.97. The second kappa shape index (κ2) is 5.07. The molecule has 2 nitrogen and oxygen atoms in total. The van der Waals surface area contributed by atoms with Gasteiger partial charge in [-0.25, -0.2) is 0 Å². The zero-order chi connectivity index (χ0) is 10.5. The second-order valence-corrected chi connectivity index (χ2v) is 4.00. The number of rotatable bonds is 5. The van der Waals surface area contributed by atoms with E-state index in [0.717, 1.165) is 0 Å². The maximum atomic E-state index is 11.4. The molecule has 0 saturated heterocycles. The number of carbonyl (C=O) groups is 1. The lowest BCUT2D eigenvalue weighted by Crippen LogP contribution is -2.26. The van der Waals surface area contributed by atoms with Crippen molar-refractivity contribution < 1.29 is 9.53 Å². The minimum Gasteiger partial charge on any atom is -0.461 e. The van der Waals surface area contributed by atoms with Crippen molar-refractivity contribution >= 4 is 17.6 Å². The summed E-state index contributed by atoms with van der Waals surface area (Å²) >= 11 is 5.62. The highest BCUT2D eigenvalue weighted by Crippen LogP contribution is 2.27. The highest BCUT2D eigenvalue weighted by Gasteiger charge is 2.29. The van der Waals surface area contributed by atoms with Gasteiger partial charge in [0, 0.05) is 5.03 Å². The van der Waals surface area contributed by atoms with E-state index in [2.05, 4.69) is 13.2 Å². The zero-order valence-corrected chi connectivity index (χ0v) is 8.86. The van der Waals surface area contributed by atoms with Crippen LogP contribution in [0.2, 0.25) is 0 Å². The third-order valence-corrected chi connectivity index (χ3v) is 1.65. The molecule has 0 amide bonds. The molecule has 0 saturated carbocycles. The lowest BCUT2D eigenvalue weighted by molar-refractivity contribution is -0.152. The largest absolute Gasteiger partial charge is 0.461 e. The minimum absolute atomic E-state index is 0.233. The lowest BCUT2D eigenvalue weighted by Gasteiger charge is -2.21. The fourth-order valence-electron chi connectivity index (χ4n) is 0.882. The molecule has 0 aliphatic carbocycles. The van der Waals surface area contributed by atoms with Crippen LogP contribution < -0.4 is 0 Å². The van der Waals surface area contributed by atoms with Crippen molar-refractivity contribution in [3.8, 4) is 0 Å². The molecule has 0 fully saturated rings. The van der Waals surface area contributed by atoms with E-state index in [1.165, 1.54) is 6.08 Å². The molecule has 0 rings (SSSR count). The zero-order valence-electron chi connectivity index (χ0n) is 8.10. The van der Waals surface area contributed by atoms with Gasteiger partial charge >= 0.3 is 5.97 Å². The van der Waals surface area contributed by atoms with E-state index in [4.69, 9.17) is 16.3 Å². The van der Waals surface area contributed by atoms with Crippen molar-refractivity contribution in [1.29, 1.82) is 0 Å². The molecule has 3 heteroatoms. The third-order valence-electron chi connectivity index (χ3n) is 1.52. The van der Waals surface area contributed by atoms with Crippen molar-refractivity contribution in [2.24, 2.45) is 5.41 Å². The normalized spacial score (nSPS) is 10.7. The number of hydrogen-bond acceptors (Lipinski definition) is 2. The van der Waals surface area contributed by atoms with Crippen LogP contribution in [-0.2, 0) is 9.53 Å². The summed E-state index contributed by atoms with van der Waals surface area (Å²) in [6.07, 6.45) is 1.95. The average molecular weight is 203 g/mol. The smallest absolute Gasteiger partial charge is 0.312 e.